The number of nitrogens with one attached hydrogen (secondary N) is 1. The van der Waals surface area contributed by atoms with E-state index in [1.165, 1.54) is 4.57 Å². The topological polar surface area (TPSA) is 85.6 Å². The minimum absolute atomic E-state index is 0.179. The van der Waals surface area contributed by atoms with E-state index in [4.69, 9.17) is 16.6 Å². The maximum Gasteiger partial charge on any atom is 0.330 e. The van der Waals surface area contributed by atoms with Gasteiger partial charge >= 0.3 is 5.69 Å². The van der Waals surface area contributed by atoms with Crippen LogP contribution in [0.4, 0.5) is 0 Å². The summed E-state index contributed by atoms with van der Waals surface area (Å²) in [7, 11) is 0. The first-order chi connectivity index (χ1) is 13.9. The summed E-state index contributed by atoms with van der Waals surface area (Å²) in [4.78, 5) is 36.7. The maximum atomic E-state index is 12.8. The number of H-pyrrole nitrogens is 1. The van der Waals surface area contributed by atoms with E-state index in [9.17, 15) is 9.59 Å². The summed E-state index contributed by atoms with van der Waals surface area (Å²) < 4.78 is 3.28. The molecule has 0 spiro atoms. The van der Waals surface area contributed by atoms with E-state index in [0.717, 1.165) is 11.3 Å². The van der Waals surface area contributed by atoms with Gasteiger partial charge in [0, 0.05) is 18.3 Å². The lowest BCUT2D eigenvalue weighted by Crippen LogP contribution is -2.32. The quantitative estimate of drug-likeness (QED) is 0.522. The number of fused-ring (bicyclic) bond motifs is 1. The van der Waals surface area contributed by atoms with Crippen LogP contribution in [-0.2, 0) is 6.54 Å². The van der Waals surface area contributed by atoms with Crippen LogP contribution < -0.4 is 11.2 Å². The van der Waals surface area contributed by atoms with Crippen molar-refractivity contribution in [1.82, 2.24) is 24.1 Å². The highest BCUT2D eigenvalue weighted by Crippen LogP contribution is 2.29. The zero-order chi connectivity index (χ0) is 20.7. The van der Waals surface area contributed by atoms with Gasteiger partial charge in [-0.2, -0.15) is 0 Å². The average Bonchev–Trinajstić information content (AvgIpc) is 3.01. The van der Waals surface area contributed by atoms with Gasteiger partial charge in [0.2, 0.25) is 0 Å². The van der Waals surface area contributed by atoms with Crippen molar-refractivity contribution in [2.45, 2.75) is 33.4 Å². The molecule has 0 aliphatic carbocycles. The second-order valence-corrected chi connectivity index (χ2v) is 7.55. The maximum absolute atomic E-state index is 12.8. The van der Waals surface area contributed by atoms with Gasteiger partial charge in [-0.25, -0.2) is 14.8 Å². The number of pyridine rings is 1. The lowest BCUT2D eigenvalue weighted by atomic mass is 10.2. The van der Waals surface area contributed by atoms with Crippen LogP contribution >= 0.6 is 11.6 Å². The fraction of sp³-hybridized carbons (Fsp3) is 0.238. The molecule has 0 bridgehead atoms. The standard InChI is InChI=1S/C21H20ClN5O2/c1-12(2)27-19-16(20(28)25-21(27)29)26(11-14-7-5-4-6-8-14)18(24-19)15-10-9-13(3)23-17(15)22/h4-10,12H,11H2,1-3H3,(H,25,28,29). The summed E-state index contributed by atoms with van der Waals surface area (Å²) in [6.45, 7) is 5.99. The molecule has 0 unspecified atom stereocenters. The molecule has 7 nitrogen and oxygen atoms in total. The van der Waals surface area contributed by atoms with Gasteiger partial charge in [0.25, 0.3) is 5.56 Å². The smallest absolute Gasteiger partial charge is 0.314 e. The van der Waals surface area contributed by atoms with Crippen LogP contribution in [0.5, 0.6) is 0 Å². The number of halogens is 1. The van der Waals surface area contributed by atoms with Crippen LogP contribution in [-0.4, -0.2) is 24.1 Å². The molecule has 0 aliphatic heterocycles. The van der Waals surface area contributed by atoms with E-state index in [2.05, 4.69) is 9.97 Å². The Morgan fingerprint density at radius 2 is 1.79 bits per heavy atom. The molecular weight excluding hydrogens is 390 g/mol. The van der Waals surface area contributed by atoms with Crippen molar-refractivity contribution in [3.05, 3.63) is 79.7 Å². The number of aryl methyl sites for hydroxylation is 1. The average molecular weight is 410 g/mol. The largest absolute Gasteiger partial charge is 0.330 e. The van der Waals surface area contributed by atoms with Gasteiger partial charge in [-0.05, 0) is 38.5 Å². The van der Waals surface area contributed by atoms with Gasteiger partial charge in [-0.15, -0.1) is 0 Å². The zero-order valence-corrected chi connectivity index (χ0v) is 17.1. The lowest BCUT2D eigenvalue weighted by Gasteiger charge is -2.11. The molecular formula is C21H20ClN5O2. The highest BCUT2D eigenvalue weighted by Gasteiger charge is 2.22. The number of aromatic amines is 1. The Morgan fingerprint density at radius 3 is 2.45 bits per heavy atom. The Balaban J connectivity index is 2.10. The summed E-state index contributed by atoms with van der Waals surface area (Å²) in [5.74, 6) is 0.492. The van der Waals surface area contributed by atoms with Crippen LogP contribution in [0, 0.1) is 6.92 Å². The number of nitrogens with zero attached hydrogens (tertiary/aromatic N) is 4. The summed E-state index contributed by atoms with van der Waals surface area (Å²) in [5, 5.41) is 0.296. The van der Waals surface area contributed by atoms with E-state index in [1.807, 2.05) is 63.2 Å². The predicted molar refractivity (Wildman–Crippen MR) is 114 cm³/mol. The normalized spacial score (nSPS) is 11.5. The minimum Gasteiger partial charge on any atom is -0.314 e. The van der Waals surface area contributed by atoms with Crippen LogP contribution in [0.15, 0.2) is 52.1 Å². The van der Waals surface area contributed by atoms with Gasteiger partial charge in [-0.3, -0.25) is 14.3 Å². The van der Waals surface area contributed by atoms with Crippen LogP contribution in [0.1, 0.15) is 31.1 Å². The van der Waals surface area contributed by atoms with Crippen molar-refractivity contribution in [3.8, 4) is 11.4 Å². The predicted octanol–water partition coefficient (Wildman–Crippen LogP) is 3.54. The van der Waals surface area contributed by atoms with Crippen molar-refractivity contribution in [2.24, 2.45) is 0 Å². The number of benzene rings is 1. The molecule has 148 valence electrons. The lowest BCUT2D eigenvalue weighted by molar-refractivity contribution is 0.580. The molecule has 4 aromatic rings. The first-order valence-electron chi connectivity index (χ1n) is 9.29. The molecule has 1 aromatic carbocycles. The van der Waals surface area contributed by atoms with Crippen molar-refractivity contribution < 1.29 is 0 Å². The highest BCUT2D eigenvalue weighted by atomic mass is 35.5. The fourth-order valence-corrected chi connectivity index (χ4v) is 3.72. The van der Waals surface area contributed by atoms with E-state index in [0.29, 0.717) is 34.2 Å². The van der Waals surface area contributed by atoms with Crippen molar-refractivity contribution in [1.29, 1.82) is 0 Å². The monoisotopic (exact) mass is 409 g/mol. The molecule has 0 fully saturated rings. The Kier molecular flexibility index (Phi) is 4.84. The third-order valence-electron chi connectivity index (χ3n) is 4.76. The molecule has 0 saturated heterocycles. The molecule has 0 saturated carbocycles. The molecule has 0 atom stereocenters. The molecule has 0 amide bonds. The molecule has 1 N–H and O–H groups in total. The molecule has 29 heavy (non-hydrogen) atoms. The molecule has 0 aliphatic rings. The van der Waals surface area contributed by atoms with Gasteiger partial charge in [0.05, 0.1) is 5.56 Å². The van der Waals surface area contributed by atoms with Crippen LogP contribution in [0.2, 0.25) is 5.15 Å². The second kappa shape index (κ2) is 7.33. The van der Waals surface area contributed by atoms with Crippen molar-refractivity contribution in [3.63, 3.8) is 0 Å². The van der Waals surface area contributed by atoms with E-state index < -0.39 is 11.2 Å². The van der Waals surface area contributed by atoms with Crippen molar-refractivity contribution >= 4 is 22.8 Å². The molecule has 3 aromatic heterocycles. The van der Waals surface area contributed by atoms with Crippen molar-refractivity contribution in [2.75, 3.05) is 0 Å². The second-order valence-electron chi connectivity index (χ2n) is 7.19. The SMILES string of the molecule is Cc1ccc(-c2nc3c(c(=O)[nH]c(=O)n3C(C)C)n2Cc2ccccc2)c(Cl)n1. The van der Waals surface area contributed by atoms with Gasteiger partial charge in [-0.1, -0.05) is 41.9 Å². The molecule has 0 radical (unpaired) electrons. The minimum atomic E-state index is -0.485. The molecule has 3 heterocycles. The number of aromatic nitrogens is 5. The van der Waals surface area contributed by atoms with Gasteiger partial charge < -0.3 is 4.57 Å². The number of hydrogen-bond donors (Lipinski definition) is 1. The van der Waals surface area contributed by atoms with E-state index >= 15 is 0 Å². The Labute approximate surface area is 171 Å². The first kappa shape index (κ1) is 19.1. The Morgan fingerprint density at radius 1 is 1.07 bits per heavy atom. The summed E-state index contributed by atoms with van der Waals surface area (Å²) in [6.07, 6.45) is 0. The fourth-order valence-electron chi connectivity index (χ4n) is 3.44. The number of rotatable bonds is 4. The Bertz CT molecular complexity index is 1320. The third-order valence-corrected chi connectivity index (χ3v) is 5.05. The summed E-state index contributed by atoms with van der Waals surface area (Å²) in [6, 6.07) is 13.2. The zero-order valence-electron chi connectivity index (χ0n) is 16.3. The van der Waals surface area contributed by atoms with Gasteiger partial charge in [0.1, 0.15) is 11.0 Å². The Hall–Kier alpha value is -3.19. The van der Waals surface area contributed by atoms with Gasteiger partial charge in [0.15, 0.2) is 11.2 Å². The number of hydrogen-bond acceptors (Lipinski definition) is 4. The van der Waals surface area contributed by atoms with Crippen LogP contribution in [0.3, 0.4) is 0 Å². The number of imidazole rings is 1. The molecule has 8 heteroatoms. The van der Waals surface area contributed by atoms with E-state index in [1.54, 1.807) is 4.57 Å². The summed E-state index contributed by atoms with van der Waals surface area (Å²) in [5.41, 5.74) is 2.07. The highest BCUT2D eigenvalue weighted by molar-refractivity contribution is 6.32. The molecule has 4 rings (SSSR count). The van der Waals surface area contributed by atoms with Crippen LogP contribution in [0.25, 0.3) is 22.6 Å². The summed E-state index contributed by atoms with van der Waals surface area (Å²) >= 11 is 6.42. The van der Waals surface area contributed by atoms with E-state index in [-0.39, 0.29) is 6.04 Å². The first-order valence-corrected chi connectivity index (χ1v) is 9.67. The third kappa shape index (κ3) is 3.38.